The fraction of sp³-hybridized carbons (Fsp3) is 0.875. The van der Waals surface area contributed by atoms with Crippen LogP contribution in [0.1, 0.15) is 12.8 Å². The second kappa shape index (κ2) is 15.2. The third kappa shape index (κ3) is 12.1. The molecule has 0 amide bonds. The van der Waals surface area contributed by atoms with Crippen molar-refractivity contribution in [3.63, 3.8) is 0 Å². The molecule has 0 spiro atoms. The molecule has 0 radical (unpaired) electrons. The molecule has 10 nitrogen and oxygen atoms in total. The van der Waals surface area contributed by atoms with E-state index >= 15 is 0 Å². The maximum absolute atomic E-state index is 11.3. The molecular formula is C16H28CdN2O8S6. The molecule has 2 rings (SSSR count). The monoisotopic (exact) mass is 682 g/mol. The Bertz CT molecular complexity index is 789. The first-order chi connectivity index (χ1) is 14.7. The second-order valence-electron chi connectivity index (χ2n) is 7.62. The average Bonchev–Trinajstić information content (AvgIpc) is 3.24. The van der Waals surface area contributed by atoms with E-state index in [0.29, 0.717) is 12.8 Å². The summed E-state index contributed by atoms with van der Waals surface area (Å²) in [4.78, 5) is 3.02. The summed E-state index contributed by atoms with van der Waals surface area (Å²) in [6.45, 7) is -0.625. The van der Waals surface area contributed by atoms with Gasteiger partial charge in [-0.25, -0.2) is 16.8 Å². The Labute approximate surface area is 236 Å². The molecule has 17 heteroatoms. The van der Waals surface area contributed by atoms with Crippen molar-refractivity contribution in [2.75, 3.05) is 49.3 Å². The van der Waals surface area contributed by atoms with E-state index in [-0.39, 0.29) is 84.1 Å². The van der Waals surface area contributed by atoms with E-state index in [0.717, 1.165) is 0 Å². The number of hydrogen-bond acceptors (Lipinski definition) is 12. The van der Waals surface area contributed by atoms with Crippen LogP contribution in [0.3, 0.4) is 0 Å². The third-order valence-corrected chi connectivity index (χ3v) is 9.44. The molecular weight excluding hydrogens is 653 g/mol. The summed E-state index contributed by atoms with van der Waals surface area (Å²) in [7, 11) is -6.02. The van der Waals surface area contributed by atoms with Gasteiger partial charge in [-0.15, -0.1) is 0 Å². The fourth-order valence-corrected chi connectivity index (χ4v) is 7.71. The Kier molecular flexibility index (Phi) is 15.6. The van der Waals surface area contributed by atoms with Gasteiger partial charge in [-0.2, -0.15) is 0 Å². The molecule has 2 aliphatic heterocycles. The van der Waals surface area contributed by atoms with Gasteiger partial charge >= 0.3 is 27.3 Å². The number of aliphatic hydroxyl groups excluding tert-OH is 4. The molecule has 33 heavy (non-hydrogen) atoms. The molecule has 0 saturated carbocycles. The minimum atomic E-state index is -3.01. The number of nitrogens with zero attached hydrogens (tertiary/aromatic N) is 2. The Balaban J connectivity index is 0.000000602. The van der Waals surface area contributed by atoms with Crippen LogP contribution in [-0.4, -0.2) is 129 Å². The molecule has 0 aliphatic carbocycles. The first-order valence-corrected chi connectivity index (χ1v) is 14.9. The van der Waals surface area contributed by atoms with Crippen LogP contribution in [-0.2, 0) is 72.2 Å². The number of aliphatic hydroxyl groups is 4. The standard InChI is InChI=1S/2C8H15NO4S3.Cd/c2*10-4-7(11)3-9(8(14)15)6-1-2-16(12,13)5-6;/h2*6-7,10-11H,1-5H2,(H,14,15);/q;;+2/p-2. The number of hydrogen-bond donors (Lipinski definition) is 4. The number of thiocarbonyl (C=S) groups is 2. The summed E-state index contributed by atoms with van der Waals surface area (Å²) in [6.07, 6.45) is -0.970. The van der Waals surface area contributed by atoms with Crippen LogP contribution in [0.15, 0.2) is 0 Å². The molecule has 4 unspecified atom stereocenters. The van der Waals surface area contributed by atoms with Crippen molar-refractivity contribution in [2.24, 2.45) is 0 Å². The summed E-state index contributed by atoms with van der Waals surface area (Å²) < 4.78 is 45.5. The van der Waals surface area contributed by atoms with E-state index in [2.05, 4.69) is 0 Å². The summed E-state index contributed by atoms with van der Waals surface area (Å²) in [5.74, 6) is 0.284. The zero-order valence-corrected chi connectivity index (χ0v) is 26.8. The van der Waals surface area contributed by atoms with Crippen molar-refractivity contribution in [2.45, 2.75) is 37.1 Å². The predicted molar refractivity (Wildman–Crippen MR) is 134 cm³/mol. The van der Waals surface area contributed by atoms with Gasteiger partial charge in [-0.05, 0) is 12.8 Å². The zero-order chi connectivity index (χ0) is 24.7. The summed E-state index contributed by atoms with van der Waals surface area (Å²) in [6, 6.07) is -0.535. The van der Waals surface area contributed by atoms with E-state index in [9.17, 15) is 27.0 Å². The maximum Gasteiger partial charge on any atom is 2.00 e. The van der Waals surface area contributed by atoms with Crippen LogP contribution in [0.2, 0.25) is 0 Å². The smallest absolute Gasteiger partial charge is 0.411 e. The van der Waals surface area contributed by atoms with Gasteiger partial charge in [0.1, 0.15) is 0 Å². The van der Waals surface area contributed by atoms with Crippen LogP contribution in [0, 0.1) is 0 Å². The van der Waals surface area contributed by atoms with E-state index in [1.165, 1.54) is 9.80 Å². The van der Waals surface area contributed by atoms with Crippen molar-refractivity contribution in [1.82, 2.24) is 9.80 Å². The largest absolute Gasteiger partial charge is 2.00 e. The zero-order valence-electron chi connectivity index (χ0n) is 17.9. The van der Waals surface area contributed by atoms with Crippen LogP contribution in [0.25, 0.3) is 0 Å². The average molecular weight is 681 g/mol. The predicted octanol–water partition coefficient (Wildman–Crippen LogP) is -2.68. The van der Waals surface area contributed by atoms with Crippen molar-refractivity contribution in [1.29, 1.82) is 0 Å². The molecule has 0 aromatic heterocycles. The molecule has 188 valence electrons. The van der Waals surface area contributed by atoms with Crippen LogP contribution in [0.4, 0.5) is 0 Å². The van der Waals surface area contributed by atoms with Gasteiger partial charge in [0.25, 0.3) is 0 Å². The topological polar surface area (TPSA) is 156 Å². The van der Waals surface area contributed by atoms with Crippen molar-refractivity contribution >= 4 is 78.0 Å². The van der Waals surface area contributed by atoms with E-state index in [4.69, 9.17) is 59.9 Å². The molecule has 0 aromatic rings. The van der Waals surface area contributed by atoms with Gasteiger partial charge < -0.3 is 79.9 Å². The Hall–Kier alpha value is 0.882. The van der Waals surface area contributed by atoms with Gasteiger partial charge in [0.05, 0.1) is 48.4 Å². The number of sulfone groups is 2. The normalized spacial score (nSPS) is 24.5. The van der Waals surface area contributed by atoms with E-state index in [1.807, 2.05) is 0 Å². The quantitative estimate of drug-likeness (QED) is 0.120. The van der Waals surface area contributed by atoms with Crippen LogP contribution in [0.5, 0.6) is 0 Å². The first kappa shape index (κ1) is 33.9. The Morgan fingerprint density at radius 3 is 1.30 bits per heavy atom. The van der Waals surface area contributed by atoms with Gasteiger partial charge in [0.15, 0.2) is 19.7 Å². The molecule has 4 N–H and O–H groups in total. The molecule has 2 heterocycles. The molecule has 0 aromatic carbocycles. The first-order valence-electron chi connectivity index (χ1n) is 9.65. The Morgan fingerprint density at radius 2 is 1.12 bits per heavy atom. The minimum absolute atomic E-state index is 0. The number of rotatable bonds is 8. The van der Waals surface area contributed by atoms with Crippen LogP contribution < -0.4 is 0 Å². The third-order valence-electron chi connectivity index (χ3n) is 5.00. The van der Waals surface area contributed by atoms with Crippen molar-refractivity contribution < 1.29 is 64.6 Å². The molecule has 2 aliphatic rings. The SMILES string of the molecule is O=S1(=O)CCC(N(CC(O)CO)C(=S)[S-])C1.O=S1(=O)CCC(N(CC(O)CO)C(=S)[S-])C1.[Cd+2]. The molecule has 2 saturated heterocycles. The summed E-state index contributed by atoms with van der Waals surface area (Å²) in [5.41, 5.74) is 0. The van der Waals surface area contributed by atoms with Gasteiger partial charge in [0.2, 0.25) is 0 Å². The summed E-state index contributed by atoms with van der Waals surface area (Å²) in [5, 5.41) is 36.1. The van der Waals surface area contributed by atoms with E-state index in [1.54, 1.807) is 0 Å². The van der Waals surface area contributed by atoms with Crippen molar-refractivity contribution in [3.8, 4) is 0 Å². The molecule has 2 fully saturated rings. The van der Waals surface area contributed by atoms with Gasteiger partial charge in [-0.3, -0.25) is 0 Å². The van der Waals surface area contributed by atoms with Gasteiger partial charge in [0, 0.05) is 25.2 Å². The summed E-state index contributed by atoms with van der Waals surface area (Å²) >= 11 is 19.4. The van der Waals surface area contributed by atoms with Gasteiger partial charge in [-0.1, -0.05) is 8.64 Å². The Morgan fingerprint density at radius 1 is 0.818 bits per heavy atom. The minimum Gasteiger partial charge on any atom is -0.411 e. The van der Waals surface area contributed by atoms with Crippen molar-refractivity contribution in [3.05, 3.63) is 0 Å². The maximum atomic E-state index is 11.3. The molecule has 0 bridgehead atoms. The fourth-order valence-electron chi connectivity index (χ4n) is 3.36. The molecule has 4 atom stereocenters. The van der Waals surface area contributed by atoms with Crippen LogP contribution >= 0.6 is 24.4 Å². The van der Waals surface area contributed by atoms with E-state index < -0.39 is 45.1 Å². The second-order valence-corrected chi connectivity index (χ2v) is 14.1.